The number of hydrogen-bond donors (Lipinski definition) is 0. The number of carbonyl (C=O) groups excluding carboxylic acids is 3. The molecule has 0 amide bonds. The summed E-state index contributed by atoms with van der Waals surface area (Å²) in [7, 11) is 0. The third-order valence-corrected chi connectivity index (χ3v) is 5.85. The highest BCUT2D eigenvalue weighted by molar-refractivity contribution is 5.51. The molecule has 1 atom stereocenters. The normalized spacial score (nSPS) is 11.7. The molecule has 0 saturated carbocycles. The van der Waals surface area contributed by atoms with E-state index in [1.807, 2.05) is 19.1 Å². The molecule has 0 aliphatic carbocycles. The minimum absolute atomic E-state index is 0.563. The van der Waals surface area contributed by atoms with Crippen molar-refractivity contribution in [1.82, 2.24) is 0 Å². The van der Waals surface area contributed by atoms with Crippen molar-refractivity contribution in [1.29, 1.82) is 0 Å². The maximum absolute atomic E-state index is 10.1. The SMILES string of the molecule is CC/C=C\CC=O.CCC(C)CCCC/C=C\CCCCCCC=O.CCCCC/C=C/CCC=O. The molecule has 0 aromatic rings. The molecule has 0 aliphatic heterocycles. The highest BCUT2D eigenvalue weighted by Crippen LogP contribution is 2.12. The van der Waals surface area contributed by atoms with Gasteiger partial charge in [0.25, 0.3) is 0 Å². The van der Waals surface area contributed by atoms with E-state index in [4.69, 9.17) is 0 Å². The van der Waals surface area contributed by atoms with Crippen LogP contribution in [-0.4, -0.2) is 18.9 Å². The van der Waals surface area contributed by atoms with Crippen LogP contribution in [0.3, 0.4) is 0 Å². The lowest BCUT2D eigenvalue weighted by atomic mass is 10.0. The summed E-state index contributed by atoms with van der Waals surface area (Å²) in [5.74, 6) is 0.903. The average Bonchev–Trinajstić information content (AvgIpc) is 2.90. The van der Waals surface area contributed by atoms with E-state index in [9.17, 15) is 14.4 Å². The van der Waals surface area contributed by atoms with Gasteiger partial charge in [0, 0.05) is 19.3 Å². The summed E-state index contributed by atoms with van der Waals surface area (Å²) in [5, 5.41) is 0. The maximum Gasteiger partial charge on any atom is 0.123 e. The van der Waals surface area contributed by atoms with Crippen LogP contribution in [0.1, 0.15) is 150 Å². The molecule has 3 nitrogen and oxygen atoms in total. The molecule has 1 unspecified atom stereocenters. The van der Waals surface area contributed by atoms with Crippen LogP contribution in [0.2, 0.25) is 0 Å². The summed E-state index contributed by atoms with van der Waals surface area (Å²) in [6.07, 6.45) is 37.4. The first-order chi connectivity index (χ1) is 17.6. The lowest BCUT2D eigenvalue weighted by Gasteiger charge is -2.06. The Morgan fingerprint density at radius 1 is 0.500 bits per heavy atom. The lowest BCUT2D eigenvalue weighted by molar-refractivity contribution is -0.108. The smallest absolute Gasteiger partial charge is 0.123 e. The first-order valence-electron chi connectivity index (χ1n) is 14.9. The molecule has 0 saturated heterocycles. The Balaban J connectivity index is -0.000000512. The minimum Gasteiger partial charge on any atom is -0.303 e. The molecule has 0 spiro atoms. The van der Waals surface area contributed by atoms with Crippen molar-refractivity contribution in [2.45, 2.75) is 150 Å². The van der Waals surface area contributed by atoms with E-state index < -0.39 is 0 Å². The van der Waals surface area contributed by atoms with Crippen LogP contribution in [-0.2, 0) is 14.4 Å². The van der Waals surface area contributed by atoms with Crippen LogP contribution in [0.25, 0.3) is 0 Å². The molecule has 210 valence electrons. The van der Waals surface area contributed by atoms with Gasteiger partial charge in [-0.3, -0.25) is 0 Å². The molecule has 0 aliphatic rings. The maximum atomic E-state index is 10.1. The van der Waals surface area contributed by atoms with Gasteiger partial charge in [-0.05, 0) is 63.7 Å². The Hall–Kier alpha value is -1.77. The second kappa shape index (κ2) is 40.4. The van der Waals surface area contributed by atoms with Gasteiger partial charge in [0.15, 0.2) is 0 Å². The minimum atomic E-state index is 0.563. The highest BCUT2D eigenvalue weighted by atomic mass is 16.1. The average molecular weight is 505 g/mol. The van der Waals surface area contributed by atoms with E-state index in [0.717, 1.165) is 50.5 Å². The van der Waals surface area contributed by atoms with Crippen molar-refractivity contribution < 1.29 is 14.4 Å². The molecular weight excluding hydrogens is 444 g/mol. The second-order valence-electron chi connectivity index (χ2n) is 9.42. The standard InChI is InChI=1S/C17H32O.C10H18O.C6H10O/c1-3-17(2)15-13-11-9-7-5-4-6-8-10-12-14-16-18;1-2-3-4-5-6-7-8-9-10-11;1-2-3-4-5-6-7/h5,7,16-17H,3-4,6,8-15H2,1-2H3;6-7,10H,2-5,8-9H2,1H3;3-4,6H,2,5H2,1H3/b7-5-;7-6+;4-3-. The summed E-state index contributed by atoms with van der Waals surface area (Å²) in [5.41, 5.74) is 0. The second-order valence-corrected chi connectivity index (χ2v) is 9.42. The van der Waals surface area contributed by atoms with Crippen molar-refractivity contribution in [3.05, 3.63) is 36.5 Å². The van der Waals surface area contributed by atoms with Crippen LogP contribution in [0, 0.1) is 5.92 Å². The first-order valence-corrected chi connectivity index (χ1v) is 14.9. The number of carbonyl (C=O) groups is 3. The first kappa shape index (κ1) is 38.8. The van der Waals surface area contributed by atoms with Crippen LogP contribution < -0.4 is 0 Å². The molecule has 0 bridgehead atoms. The number of aldehydes is 3. The Kier molecular flexibility index (Phi) is 43.5. The molecule has 0 aromatic carbocycles. The number of unbranched alkanes of at least 4 members (excludes halogenated alkanes) is 11. The lowest BCUT2D eigenvalue weighted by Crippen LogP contribution is -1.90. The molecule has 0 aromatic heterocycles. The molecule has 3 heteroatoms. The summed E-state index contributed by atoms with van der Waals surface area (Å²) in [6, 6.07) is 0. The predicted molar refractivity (Wildman–Crippen MR) is 160 cm³/mol. The van der Waals surface area contributed by atoms with Crippen LogP contribution in [0.5, 0.6) is 0 Å². The molecular formula is C33H60O3. The monoisotopic (exact) mass is 504 g/mol. The zero-order valence-corrected chi connectivity index (χ0v) is 24.4. The summed E-state index contributed by atoms with van der Waals surface area (Å²) < 4.78 is 0. The molecule has 0 rings (SSSR count). The van der Waals surface area contributed by atoms with Gasteiger partial charge in [-0.15, -0.1) is 0 Å². The van der Waals surface area contributed by atoms with Gasteiger partial charge in [-0.1, -0.05) is 109 Å². The molecule has 36 heavy (non-hydrogen) atoms. The molecule has 0 fully saturated rings. The van der Waals surface area contributed by atoms with Crippen molar-refractivity contribution in [3.8, 4) is 0 Å². The molecule has 0 N–H and O–H groups in total. The van der Waals surface area contributed by atoms with Gasteiger partial charge in [-0.25, -0.2) is 0 Å². The topological polar surface area (TPSA) is 51.2 Å². The fourth-order valence-corrected chi connectivity index (χ4v) is 3.27. The van der Waals surface area contributed by atoms with Crippen LogP contribution in [0.4, 0.5) is 0 Å². The fraction of sp³-hybridized carbons (Fsp3) is 0.727. The van der Waals surface area contributed by atoms with Crippen molar-refractivity contribution in [2.24, 2.45) is 5.92 Å². The van der Waals surface area contributed by atoms with Gasteiger partial charge in [0.2, 0.25) is 0 Å². The Morgan fingerprint density at radius 2 is 1.03 bits per heavy atom. The quantitative estimate of drug-likeness (QED) is 0.0789. The number of rotatable bonds is 23. The van der Waals surface area contributed by atoms with Crippen molar-refractivity contribution >= 4 is 18.9 Å². The Morgan fingerprint density at radius 3 is 1.53 bits per heavy atom. The number of allylic oxidation sites excluding steroid dienone is 6. The molecule has 0 heterocycles. The van der Waals surface area contributed by atoms with E-state index >= 15 is 0 Å². The van der Waals surface area contributed by atoms with Crippen LogP contribution in [0.15, 0.2) is 36.5 Å². The third kappa shape index (κ3) is 45.7. The van der Waals surface area contributed by atoms with E-state index in [1.165, 1.54) is 83.5 Å². The fourth-order valence-electron chi connectivity index (χ4n) is 3.27. The largest absolute Gasteiger partial charge is 0.303 e. The predicted octanol–water partition coefficient (Wildman–Crippen LogP) is 10.3. The Bertz CT molecular complexity index is 505. The van der Waals surface area contributed by atoms with E-state index in [0.29, 0.717) is 12.8 Å². The van der Waals surface area contributed by atoms with E-state index in [-0.39, 0.29) is 0 Å². The zero-order chi connectivity index (χ0) is 27.4. The van der Waals surface area contributed by atoms with Crippen molar-refractivity contribution in [2.75, 3.05) is 0 Å². The van der Waals surface area contributed by atoms with Gasteiger partial charge < -0.3 is 14.4 Å². The van der Waals surface area contributed by atoms with E-state index in [2.05, 4.69) is 45.1 Å². The third-order valence-electron chi connectivity index (χ3n) is 5.85. The number of hydrogen-bond acceptors (Lipinski definition) is 3. The van der Waals surface area contributed by atoms with Crippen molar-refractivity contribution in [3.63, 3.8) is 0 Å². The van der Waals surface area contributed by atoms with Gasteiger partial charge >= 0.3 is 0 Å². The summed E-state index contributed by atoms with van der Waals surface area (Å²) in [6.45, 7) is 8.87. The van der Waals surface area contributed by atoms with Gasteiger partial charge in [0.1, 0.15) is 18.9 Å². The molecule has 0 radical (unpaired) electrons. The highest BCUT2D eigenvalue weighted by Gasteiger charge is 1.96. The van der Waals surface area contributed by atoms with Crippen LogP contribution >= 0.6 is 0 Å². The summed E-state index contributed by atoms with van der Waals surface area (Å²) in [4.78, 5) is 29.6. The summed E-state index contributed by atoms with van der Waals surface area (Å²) >= 11 is 0. The van der Waals surface area contributed by atoms with Gasteiger partial charge in [0.05, 0.1) is 0 Å². The van der Waals surface area contributed by atoms with E-state index in [1.54, 1.807) is 0 Å². The Labute approximate surface area is 225 Å². The van der Waals surface area contributed by atoms with Gasteiger partial charge in [-0.2, -0.15) is 0 Å². The zero-order valence-electron chi connectivity index (χ0n) is 24.4.